The number of hydrogen-bond donors (Lipinski definition) is 2. The van der Waals surface area contributed by atoms with E-state index in [1.54, 1.807) is 31.4 Å². The SMILES string of the molecule is CCN(CCNC(=O)C(O)c1cccc(OC)c1)C(C)C. The number of aliphatic hydroxyl groups is 1. The van der Waals surface area contributed by atoms with Crippen LogP contribution in [0.25, 0.3) is 0 Å². The Morgan fingerprint density at radius 1 is 1.43 bits per heavy atom. The molecule has 1 aromatic carbocycles. The number of aliphatic hydroxyl groups excluding tert-OH is 1. The molecule has 0 radical (unpaired) electrons. The van der Waals surface area contributed by atoms with Crippen molar-refractivity contribution in [2.45, 2.75) is 32.9 Å². The van der Waals surface area contributed by atoms with Gasteiger partial charge in [0.1, 0.15) is 5.75 Å². The largest absolute Gasteiger partial charge is 0.497 e. The van der Waals surface area contributed by atoms with Gasteiger partial charge >= 0.3 is 0 Å². The third-order valence-corrected chi connectivity index (χ3v) is 3.49. The summed E-state index contributed by atoms with van der Waals surface area (Å²) in [6.07, 6.45) is -1.17. The van der Waals surface area contributed by atoms with E-state index < -0.39 is 6.10 Å². The summed E-state index contributed by atoms with van der Waals surface area (Å²) >= 11 is 0. The van der Waals surface area contributed by atoms with Crippen LogP contribution in [0, 0.1) is 0 Å². The van der Waals surface area contributed by atoms with Gasteiger partial charge in [-0.1, -0.05) is 19.1 Å². The van der Waals surface area contributed by atoms with Crippen molar-refractivity contribution >= 4 is 5.91 Å². The quantitative estimate of drug-likeness (QED) is 0.764. The fourth-order valence-corrected chi connectivity index (χ4v) is 2.16. The first-order chi connectivity index (χ1) is 9.99. The van der Waals surface area contributed by atoms with E-state index in [0.29, 0.717) is 23.9 Å². The Labute approximate surface area is 126 Å². The number of carbonyl (C=O) groups is 1. The molecule has 118 valence electrons. The van der Waals surface area contributed by atoms with Crippen molar-refractivity contribution in [2.75, 3.05) is 26.7 Å². The smallest absolute Gasteiger partial charge is 0.253 e. The zero-order chi connectivity index (χ0) is 15.8. The first kappa shape index (κ1) is 17.5. The summed E-state index contributed by atoms with van der Waals surface area (Å²) in [6.45, 7) is 8.56. The van der Waals surface area contributed by atoms with Crippen molar-refractivity contribution < 1.29 is 14.6 Å². The number of rotatable bonds is 8. The minimum atomic E-state index is -1.17. The number of hydrogen-bond acceptors (Lipinski definition) is 4. The average Bonchev–Trinajstić information content (AvgIpc) is 2.50. The van der Waals surface area contributed by atoms with Crippen molar-refractivity contribution in [2.24, 2.45) is 0 Å². The molecule has 0 bridgehead atoms. The van der Waals surface area contributed by atoms with E-state index in [0.717, 1.165) is 13.1 Å². The van der Waals surface area contributed by atoms with E-state index in [-0.39, 0.29) is 5.91 Å². The molecule has 0 aromatic heterocycles. The molecule has 0 saturated carbocycles. The zero-order valence-electron chi connectivity index (χ0n) is 13.3. The van der Waals surface area contributed by atoms with Crippen LogP contribution >= 0.6 is 0 Å². The summed E-state index contributed by atoms with van der Waals surface area (Å²) in [5.74, 6) is 0.236. The lowest BCUT2D eigenvalue weighted by Crippen LogP contribution is -2.39. The van der Waals surface area contributed by atoms with Crippen LogP contribution in [0.15, 0.2) is 24.3 Å². The molecule has 1 atom stereocenters. The summed E-state index contributed by atoms with van der Waals surface area (Å²) in [5, 5.41) is 12.8. The Morgan fingerprint density at radius 2 is 2.14 bits per heavy atom. The molecule has 5 heteroatoms. The second-order valence-electron chi connectivity index (χ2n) is 5.19. The molecule has 1 unspecified atom stereocenters. The van der Waals surface area contributed by atoms with Crippen LogP contribution in [0.2, 0.25) is 0 Å². The van der Waals surface area contributed by atoms with Gasteiger partial charge in [0.2, 0.25) is 0 Å². The maximum absolute atomic E-state index is 12.0. The highest BCUT2D eigenvalue weighted by Crippen LogP contribution is 2.19. The van der Waals surface area contributed by atoms with Gasteiger partial charge in [0, 0.05) is 19.1 Å². The third-order valence-electron chi connectivity index (χ3n) is 3.49. The molecule has 1 amide bonds. The van der Waals surface area contributed by atoms with Crippen molar-refractivity contribution in [3.8, 4) is 5.75 Å². The van der Waals surface area contributed by atoms with Gasteiger partial charge in [0.05, 0.1) is 7.11 Å². The van der Waals surface area contributed by atoms with Gasteiger partial charge in [-0.3, -0.25) is 9.69 Å². The Hall–Kier alpha value is -1.59. The van der Waals surface area contributed by atoms with E-state index in [4.69, 9.17) is 4.74 Å². The summed E-state index contributed by atoms with van der Waals surface area (Å²) in [6, 6.07) is 7.34. The van der Waals surface area contributed by atoms with Crippen molar-refractivity contribution in [1.82, 2.24) is 10.2 Å². The van der Waals surface area contributed by atoms with Crippen LogP contribution in [0.3, 0.4) is 0 Å². The van der Waals surface area contributed by atoms with E-state index in [1.807, 2.05) is 0 Å². The highest BCUT2D eigenvalue weighted by atomic mass is 16.5. The summed E-state index contributed by atoms with van der Waals surface area (Å²) in [4.78, 5) is 14.2. The Morgan fingerprint density at radius 3 is 2.71 bits per heavy atom. The number of carbonyl (C=O) groups excluding carboxylic acids is 1. The molecular formula is C16H26N2O3. The lowest BCUT2D eigenvalue weighted by Gasteiger charge is -2.25. The van der Waals surface area contributed by atoms with Gasteiger partial charge in [-0.25, -0.2) is 0 Å². The van der Waals surface area contributed by atoms with E-state index in [9.17, 15) is 9.90 Å². The second kappa shape index (κ2) is 8.64. The summed E-state index contributed by atoms with van der Waals surface area (Å²) in [7, 11) is 1.55. The fraction of sp³-hybridized carbons (Fsp3) is 0.562. The number of amides is 1. The van der Waals surface area contributed by atoms with E-state index >= 15 is 0 Å². The van der Waals surface area contributed by atoms with Crippen LogP contribution in [0.5, 0.6) is 5.75 Å². The topological polar surface area (TPSA) is 61.8 Å². The van der Waals surface area contributed by atoms with Crippen molar-refractivity contribution in [1.29, 1.82) is 0 Å². The molecular weight excluding hydrogens is 268 g/mol. The minimum Gasteiger partial charge on any atom is -0.497 e. The molecule has 0 aliphatic rings. The molecule has 1 rings (SSSR count). The number of nitrogens with one attached hydrogen (secondary N) is 1. The maximum Gasteiger partial charge on any atom is 0.253 e. The fourth-order valence-electron chi connectivity index (χ4n) is 2.16. The number of methoxy groups -OCH3 is 1. The van der Waals surface area contributed by atoms with Gasteiger partial charge in [0.15, 0.2) is 6.10 Å². The van der Waals surface area contributed by atoms with Gasteiger partial charge in [-0.2, -0.15) is 0 Å². The minimum absolute atomic E-state index is 0.386. The predicted octanol–water partition coefficient (Wildman–Crippen LogP) is 1.58. The number of ether oxygens (including phenoxy) is 1. The van der Waals surface area contributed by atoms with Crippen molar-refractivity contribution in [3.63, 3.8) is 0 Å². The normalized spacial score (nSPS) is 12.5. The highest BCUT2D eigenvalue weighted by Gasteiger charge is 2.17. The average molecular weight is 294 g/mol. The first-order valence-corrected chi connectivity index (χ1v) is 7.33. The Kier molecular flexibility index (Phi) is 7.19. The van der Waals surface area contributed by atoms with Gasteiger partial charge in [-0.05, 0) is 38.1 Å². The van der Waals surface area contributed by atoms with Crippen LogP contribution in [-0.2, 0) is 4.79 Å². The molecule has 0 saturated heterocycles. The molecule has 0 spiro atoms. The maximum atomic E-state index is 12.0. The highest BCUT2D eigenvalue weighted by molar-refractivity contribution is 5.82. The van der Waals surface area contributed by atoms with E-state index in [2.05, 4.69) is 31.0 Å². The predicted molar refractivity (Wildman–Crippen MR) is 83.3 cm³/mol. The first-order valence-electron chi connectivity index (χ1n) is 7.33. The molecule has 1 aromatic rings. The molecule has 0 aliphatic heterocycles. The van der Waals surface area contributed by atoms with Crippen LogP contribution in [-0.4, -0.2) is 48.7 Å². The Bertz CT molecular complexity index is 449. The number of benzene rings is 1. The zero-order valence-corrected chi connectivity index (χ0v) is 13.3. The summed E-state index contributed by atoms with van der Waals surface area (Å²) in [5.41, 5.74) is 0.531. The standard InChI is InChI=1S/C16H26N2O3/c1-5-18(12(2)3)10-9-17-16(20)15(19)13-7-6-8-14(11-13)21-4/h6-8,11-12,15,19H,5,9-10H2,1-4H3,(H,17,20). The molecule has 5 nitrogen and oxygen atoms in total. The van der Waals surface area contributed by atoms with E-state index in [1.165, 1.54) is 0 Å². The molecule has 0 heterocycles. The third kappa shape index (κ3) is 5.36. The number of nitrogens with zero attached hydrogens (tertiary/aromatic N) is 1. The lowest BCUT2D eigenvalue weighted by molar-refractivity contribution is -0.129. The number of likely N-dealkylation sites (N-methyl/N-ethyl adjacent to an activating group) is 1. The Balaban J connectivity index is 2.51. The van der Waals surface area contributed by atoms with Gasteiger partial charge < -0.3 is 15.2 Å². The lowest BCUT2D eigenvalue weighted by atomic mass is 10.1. The van der Waals surface area contributed by atoms with Crippen molar-refractivity contribution in [3.05, 3.63) is 29.8 Å². The van der Waals surface area contributed by atoms with Gasteiger partial charge in [-0.15, -0.1) is 0 Å². The monoisotopic (exact) mass is 294 g/mol. The van der Waals surface area contributed by atoms with Gasteiger partial charge in [0.25, 0.3) is 5.91 Å². The second-order valence-corrected chi connectivity index (χ2v) is 5.19. The van der Waals surface area contributed by atoms with Crippen LogP contribution in [0.1, 0.15) is 32.4 Å². The molecule has 0 fully saturated rings. The summed E-state index contributed by atoms with van der Waals surface area (Å²) < 4.78 is 5.09. The van der Waals surface area contributed by atoms with Crippen LogP contribution < -0.4 is 10.1 Å². The molecule has 21 heavy (non-hydrogen) atoms. The van der Waals surface area contributed by atoms with Crippen LogP contribution in [0.4, 0.5) is 0 Å². The molecule has 0 aliphatic carbocycles. The molecule has 2 N–H and O–H groups in total.